The summed E-state index contributed by atoms with van der Waals surface area (Å²) in [5.74, 6) is 0.579. The van der Waals surface area contributed by atoms with Gasteiger partial charge in [0.25, 0.3) is 0 Å². The first-order chi connectivity index (χ1) is 18.6. The summed E-state index contributed by atoms with van der Waals surface area (Å²) in [4.78, 5) is 47.4. The number of fused-ring (bicyclic) bond motifs is 1. The number of carbonyl (C=O) groups excluding carboxylic acids is 2. The summed E-state index contributed by atoms with van der Waals surface area (Å²) in [7, 11) is 0. The van der Waals surface area contributed by atoms with E-state index < -0.39 is 23.9 Å². The van der Waals surface area contributed by atoms with Crippen LogP contribution in [0.25, 0.3) is 5.69 Å². The second-order valence-electron chi connectivity index (χ2n) is 11.4. The van der Waals surface area contributed by atoms with E-state index in [-0.39, 0.29) is 11.7 Å². The molecule has 0 radical (unpaired) electrons. The van der Waals surface area contributed by atoms with Crippen molar-refractivity contribution in [1.29, 1.82) is 0 Å². The molecule has 1 saturated carbocycles. The number of piperazine rings is 1. The Morgan fingerprint density at radius 2 is 1.85 bits per heavy atom. The van der Waals surface area contributed by atoms with Crippen LogP contribution in [0.15, 0.2) is 41.3 Å². The van der Waals surface area contributed by atoms with Gasteiger partial charge >= 0.3 is 11.7 Å². The van der Waals surface area contributed by atoms with Crippen LogP contribution in [0.3, 0.4) is 0 Å². The summed E-state index contributed by atoms with van der Waals surface area (Å²) in [5.41, 5.74) is 12.2. The maximum Gasteiger partial charge on any atom is 0.354 e. The largest absolute Gasteiger partial charge is 0.394 e. The molecule has 3 amide bonds. The zero-order valence-electron chi connectivity index (χ0n) is 22.4. The van der Waals surface area contributed by atoms with Crippen molar-refractivity contribution < 1.29 is 14.7 Å². The van der Waals surface area contributed by atoms with Gasteiger partial charge in [-0.25, -0.2) is 9.59 Å². The number of carbonyl (C=O) groups is 2. The van der Waals surface area contributed by atoms with Crippen molar-refractivity contribution in [3.8, 4) is 5.69 Å². The standard InChI is InChI=1S/C27H38N8O4/c1-26(29,18-36)23(37)33-10-12-34(13-11-33)24(38)30-22-7-9-35(25(39)31-22)21-4-2-19(3-5-21)6-8-32-15-20-14-27(20,16-28)17-32/h2-5,7,9,20,36H,6,8,10-18,28-29H2,1H3,(H,30,31,38,39)/t20?,26-,27?/m1/s1. The number of aromatic nitrogens is 2. The molecule has 0 bridgehead atoms. The zero-order chi connectivity index (χ0) is 27.8. The number of aliphatic hydroxyl groups excluding tert-OH is 1. The van der Waals surface area contributed by atoms with E-state index in [0.29, 0.717) is 37.3 Å². The number of anilines is 1. The molecule has 2 aliphatic heterocycles. The van der Waals surface area contributed by atoms with E-state index in [2.05, 4.69) is 15.2 Å². The molecule has 3 fully saturated rings. The van der Waals surface area contributed by atoms with Crippen molar-refractivity contribution >= 4 is 17.8 Å². The van der Waals surface area contributed by atoms with Crippen LogP contribution in [0.2, 0.25) is 0 Å². The quantitative estimate of drug-likeness (QED) is 0.348. The zero-order valence-corrected chi connectivity index (χ0v) is 22.4. The van der Waals surface area contributed by atoms with Crippen molar-refractivity contribution in [3.05, 3.63) is 52.6 Å². The van der Waals surface area contributed by atoms with Crippen molar-refractivity contribution in [1.82, 2.24) is 24.3 Å². The number of hydrogen-bond donors (Lipinski definition) is 4. The second-order valence-corrected chi connectivity index (χ2v) is 11.4. The molecule has 1 aromatic heterocycles. The number of rotatable bonds is 8. The van der Waals surface area contributed by atoms with E-state index in [1.165, 1.54) is 28.4 Å². The Morgan fingerprint density at radius 1 is 1.15 bits per heavy atom. The molecular weight excluding hydrogens is 500 g/mol. The number of aliphatic hydroxyl groups is 1. The first-order valence-corrected chi connectivity index (χ1v) is 13.5. The van der Waals surface area contributed by atoms with Crippen LogP contribution in [0.5, 0.6) is 0 Å². The Labute approximate surface area is 227 Å². The van der Waals surface area contributed by atoms with Crippen LogP contribution in [0, 0.1) is 11.3 Å². The lowest BCUT2D eigenvalue weighted by Crippen LogP contribution is -2.60. The molecule has 12 nitrogen and oxygen atoms in total. The number of nitrogens with two attached hydrogens (primary N) is 2. The monoisotopic (exact) mass is 538 g/mol. The molecule has 3 atom stereocenters. The van der Waals surface area contributed by atoms with Gasteiger partial charge in [0.05, 0.1) is 12.3 Å². The first kappa shape index (κ1) is 27.3. The highest BCUT2D eigenvalue weighted by molar-refractivity contribution is 5.89. The van der Waals surface area contributed by atoms with Gasteiger partial charge in [0.1, 0.15) is 11.4 Å². The van der Waals surface area contributed by atoms with E-state index in [9.17, 15) is 19.5 Å². The number of urea groups is 1. The van der Waals surface area contributed by atoms with Gasteiger partial charge in [0.15, 0.2) is 0 Å². The molecule has 1 aromatic carbocycles. The molecule has 2 unspecified atom stereocenters. The van der Waals surface area contributed by atoms with E-state index >= 15 is 0 Å². The Morgan fingerprint density at radius 3 is 2.46 bits per heavy atom. The SMILES string of the molecule is C[C@@](N)(CO)C(=O)N1CCN(C(=O)Nc2ccn(-c3ccc(CCN4CC5CC5(CN)C4)cc3)c(=O)n2)CC1. The van der Waals surface area contributed by atoms with Crippen LogP contribution in [-0.4, -0.2) is 106 Å². The van der Waals surface area contributed by atoms with Gasteiger partial charge in [-0.05, 0) is 61.4 Å². The lowest BCUT2D eigenvalue weighted by molar-refractivity contribution is -0.139. The molecule has 210 valence electrons. The minimum atomic E-state index is -1.35. The topological polar surface area (TPSA) is 163 Å². The summed E-state index contributed by atoms with van der Waals surface area (Å²) in [5, 5.41) is 12.0. The molecule has 0 spiro atoms. The third-order valence-electron chi connectivity index (χ3n) is 8.42. The van der Waals surface area contributed by atoms with Gasteiger partial charge in [-0.1, -0.05) is 12.1 Å². The maximum atomic E-state index is 12.7. The number of likely N-dealkylation sites (tertiary alicyclic amines) is 1. The molecule has 2 saturated heterocycles. The highest BCUT2D eigenvalue weighted by Crippen LogP contribution is 2.56. The molecule has 3 heterocycles. The lowest BCUT2D eigenvalue weighted by Gasteiger charge is -2.37. The van der Waals surface area contributed by atoms with Crippen molar-refractivity contribution in [2.24, 2.45) is 22.8 Å². The number of hydrogen-bond acceptors (Lipinski definition) is 8. The predicted molar refractivity (Wildman–Crippen MR) is 146 cm³/mol. The molecule has 1 aliphatic carbocycles. The number of nitrogens with zero attached hydrogens (tertiary/aromatic N) is 5. The maximum absolute atomic E-state index is 12.7. The Balaban J connectivity index is 1.12. The average Bonchev–Trinajstić information content (AvgIpc) is 3.51. The summed E-state index contributed by atoms with van der Waals surface area (Å²) in [6, 6.07) is 9.06. The molecular formula is C27H38N8O4. The summed E-state index contributed by atoms with van der Waals surface area (Å²) in [6.07, 6.45) is 3.82. The van der Waals surface area contributed by atoms with E-state index in [1.54, 1.807) is 17.2 Å². The van der Waals surface area contributed by atoms with Crippen molar-refractivity contribution in [2.45, 2.75) is 25.3 Å². The number of nitrogens with one attached hydrogen (secondary N) is 1. The predicted octanol–water partition coefficient (Wildman–Crippen LogP) is -0.559. The van der Waals surface area contributed by atoms with E-state index in [1.807, 2.05) is 24.3 Å². The van der Waals surface area contributed by atoms with Crippen LogP contribution in [0.1, 0.15) is 18.9 Å². The third kappa shape index (κ3) is 5.69. The Bertz CT molecular complexity index is 1270. The van der Waals surface area contributed by atoms with Crippen LogP contribution in [-0.2, 0) is 11.2 Å². The van der Waals surface area contributed by atoms with Gasteiger partial charge in [-0.15, -0.1) is 0 Å². The number of benzene rings is 1. The molecule has 6 N–H and O–H groups in total. The summed E-state index contributed by atoms with van der Waals surface area (Å²) < 4.78 is 1.44. The summed E-state index contributed by atoms with van der Waals surface area (Å²) in [6.45, 7) is 6.27. The average molecular weight is 539 g/mol. The second kappa shape index (κ2) is 10.7. The van der Waals surface area contributed by atoms with Crippen molar-refractivity contribution in [3.63, 3.8) is 0 Å². The van der Waals surface area contributed by atoms with Gasteiger partial charge < -0.3 is 31.3 Å². The van der Waals surface area contributed by atoms with Crippen LogP contribution >= 0.6 is 0 Å². The first-order valence-electron chi connectivity index (χ1n) is 13.5. The number of piperidine rings is 1. The van der Waals surface area contributed by atoms with E-state index in [4.69, 9.17) is 11.5 Å². The fourth-order valence-electron chi connectivity index (χ4n) is 5.70. The molecule has 2 aromatic rings. The van der Waals surface area contributed by atoms with Crippen LogP contribution < -0.4 is 22.5 Å². The Hall–Kier alpha value is -3.32. The minimum Gasteiger partial charge on any atom is -0.394 e. The van der Waals surface area contributed by atoms with E-state index in [0.717, 1.165) is 38.5 Å². The lowest BCUT2D eigenvalue weighted by atomic mass is 10.0. The van der Waals surface area contributed by atoms with Gasteiger partial charge in [-0.2, -0.15) is 4.98 Å². The molecule has 5 rings (SSSR count). The molecule has 3 aliphatic rings. The van der Waals surface area contributed by atoms with Crippen molar-refractivity contribution in [2.75, 3.05) is 64.3 Å². The fourth-order valence-corrected chi connectivity index (χ4v) is 5.70. The highest BCUT2D eigenvalue weighted by atomic mass is 16.3. The smallest absolute Gasteiger partial charge is 0.354 e. The molecule has 12 heteroatoms. The van der Waals surface area contributed by atoms with Gasteiger partial charge in [0, 0.05) is 52.0 Å². The molecule has 39 heavy (non-hydrogen) atoms. The number of amides is 3. The Kier molecular flexibility index (Phi) is 7.47. The minimum absolute atomic E-state index is 0.158. The third-order valence-corrected chi connectivity index (χ3v) is 8.42. The fraction of sp³-hybridized carbons (Fsp3) is 0.556. The van der Waals surface area contributed by atoms with Gasteiger partial charge in [0.2, 0.25) is 5.91 Å². The van der Waals surface area contributed by atoms with Crippen LogP contribution in [0.4, 0.5) is 10.6 Å². The summed E-state index contributed by atoms with van der Waals surface area (Å²) >= 11 is 0. The highest BCUT2D eigenvalue weighted by Gasteiger charge is 2.58. The normalized spacial score (nSPS) is 24.3. The van der Waals surface area contributed by atoms with Gasteiger partial charge in [-0.3, -0.25) is 14.7 Å².